The van der Waals surface area contributed by atoms with Crippen LogP contribution in [0, 0.1) is 11.8 Å². The number of aromatic nitrogens is 3. The largest absolute Gasteiger partial charge is 0.494 e. The summed E-state index contributed by atoms with van der Waals surface area (Å²) in [5.74, 6) is 2.50. The van der Waals surface area contributed by atoms with E-state index < -0.39 is 0 Å². The van der Waals surface area contributed by atoms with Crippen molar-refractivity contribution >= 4 is 33.8 Å². The van der Waals surface area contributed by atoms with Crippen molar-refractivity contribution in [3.63, 3.8) is 0 Å². The van der Waals surface area contributed by atoms with Gasteiger partial charge in [0.1, 0.15) is 11.3 Å². The number of nitrogens with zero attached hydrogens (tertiary/aromatic N) is 4. The van der Waals surface area contributed by atoms with E-state index in [1.165, 1.54) is 12.8 Å². The fourth-order valence-electron chi connectivity index (χ4n) is 8.15. The second kappa shape index (κ2) is 9.68. The molecule has 3 fully saturated rings. The summed E-state index contributed by atoms with van der Waals surface area (Å²) >= 11 is 0. The van der Waals surface area contributed by atoms with Gasteiger partial charge in [-0.2, -0.15) is 0 Å². The first-order chi connectivity index (χ1) is 21.9. The van der Waals surface area contributed by atoms with Gasteiger partial charge in [-0.25, -0.2) is 4.98 Å². The smallest absolute Gasteiger partial charge is 0.254 e. The van der Waals surface area contributed by atoms with Crippen LogP contribution in [0.2, 0.25) is 0 Å². The summed E-state index contributed by atoms with van der Waals surface area (Å²) in [5, 5.41) is 4.12. The number of nitrogens with two attached hydrogens (primary N) is 1. The van der Waals surface area contributed by atoms with Gasteiger partial charge in [-0.15, -0.1) is 0 Å². The number of benzene rings is 3. The van der Waals surface area contributed by atoms with Crippen molar-refractivity contribution in [1.82, 2.24) is 24.3 Å². The lowest BCUT2D eigenvalue weighted by atomic mass is 9.96. The molecule has 2 unspecified atom stereocenters. The van der Waals surface area contributed by atoms with Crippen molar-refractivity contribution in [3.8, 4) is 28.4 Å². The lowest BCUT2D eigenvalue weighted by molar-refractivity contribution is 0.0700. The Kier molecular flexibility index (Phi) is 5.75. The standard InChI is InChI=1S/C36H36N6O3/c1-40-33-27(12-23(15-31(33)45-2)36(44)42-18-22-10-11-28(42)32(22)37)39-34(40)30-14-21-9-8-20(13-29(21)41(30)17-19-6-7-19)24-4-3-5-25-26(24)16-38-35(25)43/h3-5,8-9,12-15,19,22,28,32H,6-7,10-11,16-18,37H2,1-2H3,(H,38,43)/t22?,28?,32-/m1/s1. The minimum absolute atomic E-state index is 0.00438. The summed E-state index contributed by atoms with van der Waals surface area (Å²) in [7, 11) is 3.67. The van der Waals surface area contributed by atoms with E-state index in [1.54, 1.807) is 7.11 Å². The SMILES string of the molecule is COc1cc(C(=O)N2CC3CCC2[C@@H]3N)cc2nc(-c3cc4ccc(-c5cccc6c5CNC6=O)cc4n3CC3CC3)n(C)c12. The van der Waals surface area contributed by atoms with Crippen LogP contribution in [0.3, 0.4) is 0 Å². The molecule has 3 N–H and O–H groups in total. The molecule has 1 saturated heterocycles. The number of carbonyl (C=O) groups excluding carboxylic acids is 2. The lowest BCUT2D eigenvalue weighted by Crippen LogP contribution is -2.41. The zero-order valence-corrected chi connectivity index (χ0v) is 25.5. The number of hydrogen-bond donors (Lipinski definition) is 2. The number of methoxy groups -OCH3 is 1. The molecule has 2 saturated carbocycles. The molecule has 2 amide bonds. The van der Waals surface area contributed by atoms with E-state index in [9.17, 15) is 9.59 Å². The Morgan fingerprint density at radius 3 is 2.67 bits per heavy atom. The van der Waals surface area contributed by atoms with Crippen LogP contribution in [0.4, 0.5) is 0 Å². The van der Waals surface area contributed by atoms with E-state index in [1.807, 2.05) is 36.2 Å². The molecule has 3 atom stereocenters. The fraction of sp³-hybridized carbons (Fsp3) is 0.361. The summed E-state index contributed by atoms with van der Waals surface area (Å²) in [4.78, 5) is 33.2. The van der Waals surface area contributed by atoms with Crippen LogP contribution in [0.1, 0.15) is 52.0 Å². The Bertz CT molecular complexity index is 2070. The summed E-state index contributed by atoms with van der Waals surface area (Å²) in [6.07, 6.45) is 4.52. The highest BCUT2D eigenvalue weighted by atomic mass is 16.5. The molecule has 3 aromatic carbocycles. The number of amides is 2. The average molecular weight is 601 g/mol. The van der Waals surface area contributed by atoms with Gasteiger partial charge in [-0.05, 0) is 84.5 Å². The van der Waals surface area contributed by atoms with E-state index in [-0.39, 0.29) is 23.9 Å². The Hall–Kier alpha value is -4.63. The van der Waals surface area contributed by atoms with Crippen molar-refractivity contribution in [2.75, 3.05) is 13.7 Å². The quantitative estimate of drug-likeness (QED) is 0.283. The van der Waals surface area contributed by atoms with Crippen molar-refractivity contribution in [2.24, 2.45) is 24.6 Å². The Balaban J connectivity index is 1.16. The van der Waals surface area contributed by atoms with Crippen molar-refractivity contribution in [3.05, 3.63) is 71.3 Å². The molecule has 9 rings (SSSR count). The lowest BCUT2D eigenvalue weighted by Gasteiger charge is -2.27. The number of piperidine rings is 1. The predicted octanol–water partition coefficient (Wildman–Crippen LogP) is 5.09. The summed E-state index contributed by atoms with van der Waals surface area (Å²) < 4.78 is 10.4. The van der Waals surface area contributed by atoms with Crippen LogP contribution in [0.5, 0.6) is 5.75 Å². The van der Waals surface area contributed by atoms with Crippen molar-refractivity contribution in [1.29, 1.82) is 0 Å². The van der Waals surface area contributed by atoms with Crippen LogP contribution in [-0.4, -0.2) is 56.6 Å². The van der Waals surface area contributed by atoms with Gasteiger partial charge in [0.05, 0.1) is 18.3 Å². The van der Waals surface area contributed by atoms with E-state index in [4.69, 9.17) is 15.5 Å². The molecule has 2 aliphatic heterocycles. The number of likely N-dealkylation sites (tertiary alicyclic amines) is 1. The Morgan fingerprint density at radius 1 is 1.07 bits per heavy atom. The third-order valence-electron chi connectivity index (χ3n) is 10.7. The molecular formula is C36H36N6O3. The van der Waals surface area contributed by atoms with E-state index >= 15 is 0 Å². The average Bonchev–Trinajstić information content (AvgIpc) is 3.27. The molecule has 2 bridgehead atoms. The van der Waals surface area contributed by atoms with Crippen LogP contribution in [-0.2, 0) is 20.1 Å². The zero-order chi connectivity index (χ0) is 30.6. The van der Waals surface area contributed by atoms with Crippen molar-refractivity contribution in [2.45, 2.75) is 50.9 Å². The molecule has 9 heteroatoms. The summed E-state index contributed by atoms with van der Waals surface area (Å²) in [6, 6.07) is 18.7. The number of ether oxygens (including phenoxy) is 1. The topological polar surface area (TPSA) is 107 Å². The first-order valence-electron chi connectivity index (χ1n) is 16.0. The maximum absolute atomic E-state index is 13.7. The highest BCUT2D eigenvalue weighted by molar-refractivity contribution is 6.02. The first kappa shape index (κ1) is 26.7. The number of rotatable bonds is 6. The van der Waals surface area contributed by atoms with Gasteiger partial charge in [0.15, 0.2) is 5.82 Å². The molecule has 9 nitrogen and oxygen atoms in total. The fourth-order valence-corrected chi connectivity index (χ4v) is 8.15. The number of fused-ring (bicyclic) bond motifs is 5. The van der Waals surface area contributed by atoms with Gasteiger partial charge in [0, 0.05) is 60.8 Å². The molecule has 5 aromatic rings. The van der Waals surface area contributed by atoms with Gasteiger partial charge >= 0.3 is 0 Å². The third-order valence-corrected chi connectivity index (χ3v) is 10.7. The van der Waals surface area contributed by atoms with E-state index in [2.05, 4.69) is 44.8 Å². The molecular weight excluding hydrogens is 564 g/mol. The first-order valence-corrected chi connectivity index (χ1v) is 16.0. The van der Waals surface area contributed by atoms with Gasteiger partial charge in [-0.1, -0.05) is 24.3 Å². The van der Waals surface area contributed by atoms with Crippen molar-refractivity contribution < 1.29 is 14.3 Å². The second-order valence-electron chi connectivity index (χ2n) is 13.4. The number of hydrogen-bond acceptors (Lipinski definition) is 5. The molecule has 45 heavy (non-hydrogen) atoms. The number of imidazole rings is 1. The normalized spacial score (nSPS) is 22.1. The minimum atomic E-state index is -0.00862. The second-order valence-corrected chi connectivity index (χ2v) is 13.4. The summed E-state index contributed by atoms with van der Waals surface area (Å²) in [5.41, 5.74) is 14.8. The van der Waals surface area contributed by atoms with Crippen LogP contribution < -0.4 is 15.8 Å². The highest BCUT2D eigenvalue weighted by Crippen LogP contribution is 2.41. The number of aryl methyl sites for hydroxylation is 1. The third kappa shape index (κ3) is 3.99. The minimum Gasteiger partial charge on any atom is -0.494 e. The van der Waals surface area contributed by atoms with E-state index in [0.29, 0.717) is 29.7 Å². The monoisotopic (exact) mass is 600 g/mol. The molecule has 0 radical (unpaired) electrons. The maximum atomic E-state index is 13.7. The molecule has 2 aromatic heterocycles. The molecule has 228 valence electrons. The van der Waals surface area contributed by atoms with Crippen LogP contribution in [0.25, 0.3) is 44.6 Å². The maximum Gasteiger partial charge on any atom is 0.254 e. The number of nitrogens with one attached hydrogen (secondary N) is 1. The van der Waals surface area contributed by atoms with Gasteiger partial charge in [0.25, 0.3) is 11.8 Å². The Morgan fingerprint density at radius 2 is 1.91 bits per heavy atom. The van der Waals surface area contributed by atoms with Crippen LogP contribution in [0.15, 0.2) is 54.6 Å². The molecule has 2 aliphatic carbocycles. The van der Waals surface area contributed by atoms with E-state index in [0.717, 1.165) is 81.6 Å². The highest BCUT2D eigenvalue weighted by Gasteiger charge is 2.47. The van der Waals surface area contributed by atoms with Crippen LogP contribution >= 0.6 is 0 Å². The number of carbonyl (C=O) groups is 2. The van der Waals surface area contributed by atoms with Gasteiger partial charge in [-0.3, -0.25) is 9.59 Å². The molecule has 4 heterocycles. The zero-order valence-electron chi connectivity index (χ0n) is 25.5. The predicted molar refractivity (Wildman–Crippen MR) is 173 cm³/mol. The van der Waals surface area contributed by atoms with Gasteiger partial charge in [0.2, 0.25) is 0 Å². The molecule has 4 aliphatic rings. The molecule has 0 spiro atoms. The summed E-state index contributed by atoms with van der Waals surface area (Å²) in [6.45, 7) is 2.19. The Labute approximate surface area is 261 Å². The van der Waals surface area contributed by atoms with Gasteiger partial charge < -0.3 is 29.8 Å².